The zero-order valence-electron chi connectivity index (χ0n) is 23.9. The second kappa shape index (κ2) is 11.8. The first-order valence-electron chi connectivity index (χ1n) is 14.1. The summed E-state index contributed by atoms with van der Waals surface area (Å²) in [6.07, 6.45) is -0.406. The van der Waals surface area contributed by atoms with Gasteiger partial charge < -0.3 is 23.7 Å². The van der Waals surface area contributed by atoms with E-state index in [1.54, 1.807) is 11.0 Å². The number of halogens is 3. The molecule has 9 nitrogen and oxygen atoms in total. The molecule has 3 aromatic rings. The van der Waals surface area contributed by atoms with Gasteiger partial charge in [0.25, 0.3) is 0 Å². The van der Waals surface area contributed by atoms with E-state index in [2.05, 4.69) is 9.97 Å². The molecule has 2 fully saturated rings. The van der Waals surface area contributed by atoms with Crippen LogP contribution in [0.5, 0.6) is 5.75 Å². The van der Waals surface area contributed by atoms with Gasteiger partial charge >= 0.3 is 12.3 Å². The van der Waals surface area contributed by atoms with Crippen molar-refractivity contribution in [3.05, 3.63) is 41.9 Å². The molecule has 12 heteroatoms. The number of fused-ring (bicyclic) bond motifs is 1. The van der Waals surface area contributed by atoms with Gasteiger partial charge in [0.2, 0.25) is 5.82 Å². The van der Waals surface area contributed by atoms with Gasteiger partial charge in [0.05, 0.1) is 30.5 Å². The molecule has 0 N–H and O–H groups in total. The van der Waals surface area contributed by atoms with Crippen LogP contribution in [0.1, 0.15) is 63.9 Å². The Morgan fingerprint density at radius 3 is 2.55 bits per heavy atom. The second-order valence-corrected chi connectivity index (χ2v) is 11.7. The summed E-state index contributed by atoms with van der Waals surface area (Å²) in [6.45, 7) is 7.74. The highest BCUT2D eigenvalue weighted by molar-refractivity contribution is 5.91. The average Bonchev–Trinajstić information content (AvgIpc) is 3.61. The van der Waals surface area contributed by atoms with Crippen LogP contribution in [0.15, 0.2) is 30.5 Å². The molecule has 42 heavy (non-hydrogen) atoms. The molecule has 1 aromatic carbocycles. The van der Waals surface area contributed by atoms with Crippen LogP contribution in [0.25, 0.3) is 22.3 Å². The molecule has 4 heterocycles. The number of alkyl halides is 3. The van der Waals surface area contributed by atoms with E-state index in [0.717, 1.165) is 25.3 Å². The maximum absolute atomic E-state index is 14.2. The van der Waals surface area contributed by atoms with Crippen LogP contribution in [0.2, 0.25) is 0 Å². The lowest BCUT2D eigenvalue weighted by Crippen LogP contribution is -2.41. The zero-order chi connectivity index (χ0) is 30.1. The number of ether oxygens (including phenoxy) is 3. The molecular formula is C30H34F3N5O4. The van der Waals surface area contributed by atoms with Crippen molar-refractivity contribution < 1.29 is 32.2 Å². The summed E-state index contributed by atoms with van der Waals surface area (Å²) >= 11 is 0. The molecule has 224 valence electrons. The highest BCUT2D eigenvalue weighted by atomic mass is 19.4. The third-order valence-electron chi connectivity index (χ3n) is 7.58. The van der Waals surface area contributed by atoms with Crippen molar-refractivity contribution in [3.8, 4) is 23.1 Å². The predicted molar refractivity (Wildman–Crippen MR) is 148 cm³/mol. The lowest BCUT2D eigenvalue weighted by atomic mass is 9.94. The lowest BCUT2D eigenvalue weighted by molar-refractivity contribution is -0.138. The standard InChI is InChI=1S/C30H34F3N5O4/c1-29(2,3)42-28(39)37-11-6-19(7-12-37)9-15-41-24-5-4-20(16-23(24)30(31,32)33)26-22-8-13-38(21-10-14-40-18-21)27(22)36-25(17-34)35-26/h4-5,8,13,16,19,21H,6-7,9-12,14-15,18H2,1-3H3. The molecule has 0 saturated carbocycles. The van der Waals surface area contributed by atoms with Crippen LogP contribution in [0.3, 0.4) is 0 Å². The smallest absolute Gasteiger partial charge is 0.419 e. The van der Waals surface area contributed by atoms with E-state index in [1.165, 1.54) is 12.1 Å². The minimum atomic E-state index is -4.67. The number of carbonyl (C=O) groups excluding carboxylic acids is 1. The molecular weight excluding hydrogens is 551 g/mol. The van der Waals surface area contributed by atoms with E-state index in [0.29, 0.717) is 43.8 Å². The quantitative estimate of drug-likeness (QED) is 0.331. The van der Waals surface area contributed by atoms with Crippen molar-refractivity contribution in [1.29, 1.82) is 5.26 Å². The Balaban J connectivity index is 1.30. The third kappa shape index (κ3) is 6.62. The van der Waals surface area contributed by atoms with E-state index in [1.807, 2.05) is 37.6 Å². The van der Waals surface area contributed by atoms with Gasteiger partial charge in [-0.05, 0) is 76.6 Å². The SMILES string of the molecule is CC(C)(C)OC(=O)N1CCC(CCOc2ccc(-c3nc(C#N)nc4c3ccn4C3CCOC3)cc2C(F)(F)F)CC1. The average molecular weight is 586 g/mol. The third-order valence-corrected chi connectivity index (χ3v) is 7.58. The first-order valence-corrected chi connectivity index (χ1v) is 14.1. The van der Waals surface area contributed by atoms with Gasteiger partial charge in [0.15, 0.2) is 0 Å². The van der Waals surface area contributed by atoms with Gasteiger partial charge in [-0.25, -0.2) is 14.8 Å². The molecule has 2 aromatic heterocycles. The molecule has 5 rings (SSSR count). The minimum absolute atomic E-state index is 0.0304. The molecule has 0 aliphatic carbocycles. The molecule has 0 bridgehead atoms. The minimum Gasteiger partial charge on any atom is -0.493 e. The van der Waals surface area contributed by atoms with E-state index in [9.17, 15) is 23.2 Å². The van der Waals surface area contributed by atoms with Crippen LogP contribution < -0.4 is 4.74 Å². The summed E-state index contributed by atoms with van der Waals surface area (Å²) in [5.41, 5.74) is -0.523. The topological polar surface area (TPSA) is 102 Å². The van der Waals surface area contributed by atoms with Gasteiger partial charge in [0.1, 0.15) is 23.1 Å². The van der Waals surface area contributed by atoms with Crippen LogP contribution in [-0.4, -0.2) is 64.0 Å². The van der Waals surface area contributed by atoms with Crippen LogP contribution in [-0.2, 0) is 15.7 Å². The largest absolute Gasteiger partial charge is 0.493 e. The van der Waals surface area contributed by atoms with Crippen LogP contribution in [0, 0.1) is 17.2 Å². The van der Waals surface area contributed by atoms with Gasteiger partial charge in [-0.3, -0.25) is 0 Å². The van der Waals surface area contributed by atoms with Crippen molar-refractivity contribution in [2.75, 3.05) is 32.9 Å². The number of carbonyl (C=O) groups is 1. The summed E-state index contributed by atoms with van der Waals surface area (Å²) < 4.78 is 61.1. The lowest BCUT2D eigenvalue weighted by Gasteiger charge is -2.33. The van der Waals surface area contributed by atoms with Gasteiger partial charge in [-0.1, -0.05) is 0 Å². The molecule has 1 unspecified atom stereocenters. The molecule has 1 atom stereocenters. The zero-order valence-corrected chi connectivity index (χ0v) is 23.9. The second-order valence-electron chi connectivity index (χ2n) is 11.7. The summed E-state index contributed by atoms with van der Waals surface area (Å²) in [5, 5.41) is 10.1. The summed E-state index contributed by atoms with van der Waals surface area (Å²) in [7, 11) is 0. The maximum atomic E-state index is 14.2. The fourth-order valence-corrected chi connectivity index (χ4v) is 5.43. The Labute approximate surface area is 242 Å². The molecule has 2 saturated heterocycles. The number of hydrogen-bond acceptors (Lipinski definition) is 7. The van der Waals surface area contributed by atoms with E-state index >= 15 is 0 Å². The Morgan fingerprint density at radius 2 is 1.90 bits per heavy atom. The van der Waals surface area contributed by atoms with Crippen molar-refractivity contribution in [1.82, 2.24) is 19.4 Å². The number of amides is 1. The highest BCUT2D eigenvalue weighted by Crippen LogP contribution is 2.40. The van der Waals surface area contributed by atoms with Gasteiger partial charge in [0, 0.05) is 36.8 Å². The summed E-state index contributed by atoms with van der Waals surface area (Å²) in [5.74, 6) is -0.155. The molecule has 0 radical (unpaired) electrons. The molecule has 1 amide bonds. The Kier molecular flexibility index (Phi) is 8.32. The van der Waals surface area contributed by atoms with Crippen molar-refractivity contribution in [3.63, 3.8) is 0 Å². The van der Waals surface area contributed by atoms with Gasteiger partial charge in [-0.2, -0.15) is 18.4 Å². The number of rotatable bonds is 6. The molecule has 0 spiro atoms. The number of piperidine rings is 1. The number of nitriles is 1. The molecule has 2 aliphatic heterocycles. The Bertz CT molecular complexity index is 1480. The Hall–Kier alpha value is -3.85. The highest BCUT2D eigenvalue weighted by Gasteiger charge is 2.35. The van der Waals surface area contributed by atoms with Crippen molar-refractivity contribution in [2.24, 2.45) is 5.92 Å². The monoisotopic (exact) mass is 585 g/mol. The number of nitrogens with zero attached hydrogens (tertiary/aromatic N) is 5. The summed E-state index contributed by atoms with van der Waals surface area (Å²) in [4.78, 5) is 22.6. The number of hydrogen-bond donors (Lipinski definition) is 0. The van der Waals surface area contributed by atoms with Crippen molar-refractivity contribution in [2.45, 2.75) is 64.3 Å². The fraction of sp³-hybridized carbons (Fsp3) is 0.533. The van der Waals surface area contributed by atoms with Crippen LogP contribution >= 0.6 is 0 Å². The number of likely N-dealkylation sites (tertiary alicyclic amines) is 1. The first-order chi connectivity index (χ1) is 19.9. The van der Waals surface area contributed by atoms with E-state index < -0.39 is 17.3 Å². The number of benzene rings is 1. The summed E-state index contributed by atoms with van der Waals surface area (Å²) in [6, 6.07) is 7.58. The van der Waals surface area contributed by atoms with Crippen molar-refractivity contribution >= 4 is 17.1 Å². The normalized spacial score (nSPS) is 18.3. The van der Waals surface area contributed by atoms with E-state index in [-0.39, 0.29) is 47.5 Å². The van der Waals surface area contributed by atoms with Crippen LogP contribution in [0.4, 0.5) is 18.0 Å². The predicted octanol–water partition coefficient (Wildman–Crippen LogP) is 6.37. The fourth-order valence-electron chi connectivity index (χ4n) is 5.43. The Morgan fingerprint density at radius 1 is 1.14 bits per heavy atom. The molecule has 2 aliphatic rings. The first kappa shape index (κ1) is 29.6. The maximum Gasteiger partial charge on any atom is 0.419 e. The van der Waals surface area contributed by atoms with Gasteiger partial charge in [-0.15, -0.1) is 0 Å². The van der Waals surface area contributed by atoms with E-state index in [4.69, 9.17) is 14.2 Å². The number of aromatic nitrogens is 3.